The average molecular weight is 232 g/mol. The van der Waals surface area contributed by atoms with Gasteiger partial charge in [-0.25, -0.2) is 0 Å². The lowest BCUT2D eigenvalue weighted by Crippen LogP contribution is -2.22. The summed E-state index contributed by atoms with van der Waals surface area (Å²) in [6.45, 7) is 2.44. The number of aryl methyl sites for hydroxylation is 1. The Hall–Kier alpha value is -2.02. The van der Waals surface area contributed by atoms with Crippen molar-refractivity contribution in [1.82, 2.24) is 5.32 Å². The van der Waals surface area contributed by atoms with Crippen molar-refractivity contribution in [2.75, 3.05) is 7.11 Å². The third-order valence-corrected chi connectivity index (χ3v) is 2.41. The fourth-order valence-corrected chi connectivity index (χ4v) is 1.51. The number of nitrogens with zero attached hydrogens (tertiary/aromatic N) is 1. The van der Waals surface area contributed by atoms with Crippen LogP contribution in [0.3, 0.4) is 0 Å². The number of nitrogens with one attached hydrogen (secondary N) is 1. The molecule has 0 heterocycles. The van der Waals surface area contributed by atoms with E-state index in [9.17, 15) is 4.79 Å². The van der Waals surface area contributed by atoms with E-state index in [1.165, 1.54) is 0 Å². The molecule has 0 spiro atoms. The molecule has 0 aromatic heterocycles. The van der Waals surface area contributed by atoms with E-state index in [2.05, 4.69) is 5.32 Å². The lowest BCUT2D eigenvalue weighted by molar-refractivity contribution is -0.121. The van der Waals surface area contributed by atoms with Gasteiger partial charge in [0, 0.05) is 19.4 Å². The first kappa shape index (κ1) is 13.0. The van der Waals surface area contributed by atoms with Gasteiger partial charge in [-0.1, -0.05) is 12.1 Å². The molecule has 1 amide bonds. The molecule has 0 unspecified atom stereocenters. The first-order valence-corrected chi connectivity index (χ1v) is 5.44. The number of nitriles is 1. The van der Waals surface area contributed by atoms with Crippen LogP contribution >= 0.6 is 0 Å². The van der Waals surface area contributed by atoms with Crippen LogP contribution in [0.4, 0.5) is 0 Å². The maximum atomic E-state index is 11.3. The van der Waals surface area contributed by atoms with E-state index in [-0.39, 0.29) is 18.7 Å². The Labute approximate surface area is 101 Å². The minimum absolute atomic E-state index is 0.0972. The summed E-state index contributed by atoms with van der Waals surface area (Å²) in [5.74, 6) is 0.740. The van der Waals surface area contributed by atoms with E-state index >= 15 is 0 Å². The van der Waals surface area contributed by atoms with Gasteiger partial charge < -0.3 is 10.1 Å². The van der Waals surface area contributed by atoms with Crippen LogP contribution in [0.5, 0.6) is 5.75 Å². The summed E-state index contributed by atoms with van der Waals surface area (Å²) in [4.78, 5) is 11.3. The van der Waals surface area contributed by atoms with Crippen molar-refractivity contribution in [3.05, 3.63) is 29.3 Å². The molecule has 4 heteroatoms. The first-order valence-electron chi connectivity index (χ1n) is 5.44. The topological polar surface area (TPSA) is 62.1 Å². The molecule has 0 saturated carbocycles. The zero-order chi connectivity index (χ0) is 12.7. The number of carbonyl (C=O) groups excluding carboxylic acids is 1. The summed E-state index contributed by atoms with van der Waals surface area (Å²) in [7, 11) is 1.63. The summed E-state index contributed by atoms with van der Waals surface area (Å²) in [5, 5.41) is 11.1. The molecule has 1 aromatic carbocycles. The zero-order valence-electron chi connectivity index (χ0n) is 10.1. The molecule has 90 valence electrons. The third kappa shape index (κ3) is 4.15. The highest BCUT2D eigenvalue weighted by molar-refractivity contribution is 5.76. The second kappa shape index (κ2) is 6.54. The van der Waals surface area contributed by atoms with E-state index in [0.29, 0.717) is 6.54 Å². The van der Waals surface area contributed by atoms with E-state index in [1.54, 1.807) is 7.11 Å². The Balaban J connectivity index is 2.50. The van der Waals surface area contributed by atoms with E-state index in [1.807, 2.05) is 31.2 Å². The Kier molecular flexibility index (Phi) is 5.02. The Bertz CT molecular complexity index is 436. The number of carbonyl (C=O) groups is 1. The van der Waals surface area contributed by atoms with Gasteiger partial charge in [0.2, 0.25) is 5.91 Å². The molecule has 0 aliphatic heterocycles. The molecule has 1 aromatic rings. The zero-order valence-corrected chi connectivity index (χ0v) is 10.1. The third-order valence-electron chi connectivity index (χ3n) is 2.41. The fourth-order valence-electron chi connectivity index (χ4n) is 1.51. The molecule has 17 heavy (non-hydrogen) atoms. The van der Waals surface area contributed by atoms with Gasteiger partial charge in [-0.2, -0.15) is 5.26 Å². The first-order chi connectivity index (χ1) is 8.17. The van der Waals surface area contributed by atoms with Gasteiger partial charge in [0.25, 0.3) is 0 Å². The van der Waals surface area contributed by atoms with Crippen LogP contribution in [0.15, 0.2) is 18.2 Å². The van der Waals surface area contributed by atoms with E-state index < -0.39 is 0 Å². The quantitative estimate of drug-likeness (QED) is 0.843. The summed E-state index contributed by atoms with van der Waals surface area (Å²) in [6.07, 6.45) is 0.513. The molecule has 0 aliphatic rings. The summed E-state index contributed by atoms with van der Waals surface area (Å²) < 4.78 is 5.16. The van der Waals surface area contributed by atoms with Crippen molar-refractivity contribution >= 4 is 5.91 Å². The minimum Gasteiger partial charge on any atom is -0.496 e. The van der Waals surface area contributed by atoms with Crippen LogP contribution in [0.25, 0.3) is 0 Å². The predicted molar refractivity (Wildman–Crippen MR) is 64.4 cm³/mol. The van der Waals surface area contributed by atoms with Gasteiger partial charge in [-0.15, -0.1) is 0 Å². The van der Waals surface area contributed by atoms with Crippen molar-refractivity contribution in [3.8, 4) is 11.8 Å². The highest BCUT2D eigenvalue weighted by Crippen LogP contribution is 2.18. The molecule has 0 bridgehead atoms. The standard InChI is InChI=1S/C13H16N2O2/c1-10-8-11(5-6-12(10)17-2)9-15-13(16)4-3-7-14/h5-6,8H,3-4,9H2,1-2H3,(H,15,16). The molecule has 0 atom stereocenters. The van der Waals surface area contributed by atoms with Gasteiger partial charge >= 0.3 is 0 Å². The van der Waals surface area contributed by atoms with Crippen LogP contribution in [0.1, 0.15) is 24.0 Å². The molecule has 0 aliphatic carbocycles. The number of methoxy groups -OCH3 is 1. The number of amides is 1. The van der Waals surface area contributed by atoms with Crippen LogP contribution in [-0.2, 0) is 11.3 Å². The fraction of sp³-hybridized carbons (Fsp3) is 0.385. The normalized spacial score (nSPS) is 9.47. The van der Waals surface area contributed by atoms with Crippen LogP contribution in [-0.4, -0.2) is 13.0 Å². The van der Waals surface area contributed by atoms with Gasteiger partial charge in [0.15, 0.2) is 0 Å². The van der Waals surface area contributed by atoms with Crippen LogP contribution in [0, 0.1) is 18.3 Å². The van der Waals surface area contributed by atoms with Crippen molar-refractivity contribution in [3.63, 3.8) is 0 Å². The number of ether oxygens (including phenoxy) is 1. The van der Waals surface area contributed by atoms with Crippen molar-refractivity contribution < 1.29 is 9.53 Å². The largest absolute Gasteiger partial charge is 0.496 e. The minimum atomic E-state index is -0.0972. The Morgan fingerprint density at radius 2 is 2.29 bits per heavy atom. The molecular weight excluding hydrogens is 216 g/mol. The highest BCUT2D eigenvalue weighted by Gasteiger charge is 2.03. The van der Waals surface area contributed by atoms with E-state index in [0.717, 1.165) is 16.9 Å². The molecule has 1 rings (SSSR count). The number of hydrogen-bond donors (Lipinski definition) is 1. The van der Waals surface area contributed by atoms with E-state index in [4.69, 9.17) is 10.00 Å². The molecule has 4 nitrogen and oxygen atoms in total. The van der Waals surface area contributed by atoms with Gasteiger partial charge in [0.1, 0.15) is 5.75 Å². The number of hydrogen-bond acceptors (Lipinski definition) is 3. The average Bonchev–Trinajstić information content (AvgIpc) is 2.34. The van der Waals surface area contributed by atoms with Crippen molar-refractivity contribution in [2.45, 2.75) is 26.3 Å². The van der Waals surface area contributed by atoms with Gasteiger partial charge in [0.05, 0.1) is 13.2 Å². The molecule has 0 saturated heterocycles. The summed E-state index contributed by atoms with van der Waals surface area (Å²) >= 11 is 0. The number of rotatable bonds is 5. The van der Waals surface area contributed by atoms with Crippen LogP contribution < -0.4 is 10.1 Å². The Morgan fingerprint density at radius 3 is 2.88 bits per heavy atom. The Morgan fingerprint density at radius 1 is 1.53 bits per heavy atom. The highest BCUT2D eigenvalue weighted by atomic mass is 16.5. The number of benzene rings is 1. The monoisotopic (exact) mass is 232 g/mol. The maximum absolute atomic E-state index is 11.3. The molecular formula is C13H16N2O2. The maximum Gasteiger partial charge on any atom is 0.221 e. The summed E-state index contributed by atoms with van der Waals surface area (Å²) in [6, 6.07) is 7.71. The molecule has 0 fully saturated rings. The second-order valence-corrected chi connectivity index (χ2v) is 3.74. The smallest absolute Gasteiger partial charge is 0.221 e. The van der Waals surface area contributed by atoms with Crippen molar-refractivity contribution in [2.24, 2.45) is 0 Å². The lowest BCUT2D eigenvalue weighted by Gasteiger charge is -2.08. The second-order valence-electron chi connectivity index (χ2n) is 3.74. The predicted octanol–water partition coefficient (Wildman–Crippen LogP) is 1.92. The molecule has 0 radical (unpaired) electrons. The van der Waals surface area contributed by atoms with Crippen molar-refractivity contribution in [1.29, 1.82) is 5.26 Å². The SMILES string of the molecule is COc1ccc(CNC(=O)CCC#N)cc1C. The summed E-state index contributed by atoms with van der Waals surface area (Å²) in [5.41, 5.74) is 2.06. The van der Waals surface area contributed by atoms with Crippen LogP contribution in [0.2, 0.25) is 0 Å². The van der Waals surface area contributed by atoms with Gasteiger partial charge in [-0.05, 0) is 24.1 Å². The molecule has 1 N–H and O–H groups in total. The lowest BCUT2D eigenvalue weighted by atomic mass is 10.1. The van der Waals surface area contributed by atoms with Gasteiger partial charge in [-0.3, -0.25) is 4.79 Å².